The van der Waals surface area contributed by atoms with Crippen LogP contribution in [0.1, 0.15) is 38.5 Å². The zero-order valence-corrected chi connectivity index (χ0v) is 10.0. The van der Waals surface area contributed by atoms with Crippen molar-refractivity contribution >= 4 is 0 Å². The molecule has 4 aliphatic rings. The highest BCUT2D eigenvalue weighted by atomic mass is 19.4. The Morgan fingerprint density at radius 2 is 1.41 bits per heavy atom. The standard InChI is InChI=1S/C13H20F3N/c14-13(15,16)8-17-7-12-4-9-1-10(5-12)3-11(2-9)6-12/h9-11,17H,1-8H2. The van der Waals surface area contributed by atoms with Crippen LogP contribution >= 0.6 is 0 Å². The van der Waals surface area contributed by atoms with Crippen molar-refractivity contribution in [1.29, 1.82) is 0 Å². The van der Waals surface area contributed by atoms with Crippen LogP contribution in [-0.2, 0) is 0 Å². The van der Waals surface area contributed by atoms with Crippen LogP contribution in [0.5, 0.6) is 0 Å². The van der Waals surface area contributed by atoms with Crippen LogP contribution in [-0.4, -0.2) is 19.3 Å². The first-order valence-corrected chi connectivity index (χ1v) is 6.72. The zero-order chi connectivity index (χ0) is 12.1. The summed E-state index contributed by atoms with van der Waals surface area (Å²) >= 11 is 0. The maximum Gasteiger partial charge on any atom is 0.401 e. The molecule has 0 aromatic heterocycles. The predicted molar refractivity (Wildman–Crippen MR) is 59.5 cm³/mol. The summed E-state index contributed by atoms with van der Waals surface area (Å²) in [5, 5.41) is 2.66. The quantitative estimate of drug-likeness (QED) is 0.806. The molecule has 0 spiro atoms. The fourth-order valence-corrected chi connectivity index (χ4v) is 4.98. The Labute approximate surface area is 100 Å². The molecule has 4 saturated carbocycles. The van der Waals surface area contributed by atoms with Crippen molar-refractivity contribution < 1.29 is 13.2 Å². The molecule has 0 atom stereocenters. The lowest BCUT2D eigenvalue weighted by Crippen LogP contribution is -2.51. The van der Waals surface area contributed by atoms with E-state index in [0.717, 1.165) is 17.8 Å². The summed E-state index contributed by atoms with van der Waals surface area (Å²) in [7, 11) is 0. The minimum Gasteiger partial charge on any atom is -0.308 e. The van der Waals surface area contributed by atoms with Gasteiger partial charge < -0.3 is 5.32 Å². The largest absolute Gasteiger partial charge is 0.401 e. The Bertz CT molecular complexity index is 262. The number of rotatable bonds is 3. The Morgan fingerprint density at radius 1 is 0.941 bits per heavy atom. The SMILES string of the molecule is FC(F)(F)CNCC12CC3CC(CC(C3)C1)C2. The Balaban J connectivity index is 1.59. The van der Waals surface area contributed by atoms with Gasteiger partial charge >= 0.3 is 6.18 Å². The Morgan fingerprint density at radius 3 is 1.82 bits per heavy atom. The van der Waals surface area contributed by atoms with Gasteiger partial charge in [-0.15, -0.1) is 0 Å². The molecule has 1 nitrogen and oxygen atoms in total. The third-order valence-corrected chi connectivity index (χ3v) is 4.99. The van der Waals surface area contributed by atoms with Crippen LogP contribution in [0.3, 0.4) is 0 Å². The molecule has 0 amide bonds. The first-order valence-electron chi connectivity index (χ1n) is 6.72. The van der Waals surface area contributed by atoms with Crippen molar-refractivity contribution in [2.75, 3.05) is 13.1 Å². The van der Waals surface area contributed by atoms with Gasteiger partial charge in [0.05, 0.1) is 6.54 Å². The van der Waals surface area contributed by atoms with E-state index in [-0.39, 0.29) is 5.41 Å². The van der Waals surface area contributed by atoms with E-state index in [1.807, 2.05) is 0 Å². The lowest BCUT2D eigenvalue weighted by Gasteiger charge is -2.57. The molecule has 0 radical (unpaired) electrons. The molecule has 4 rings (SSSR count). The first-order chi connectivity index (χ1) is 7.94. The van der Waals surface area contributed by atoms with Crippen molar-refractivity contribution in [3.05, 3.63) is 0 Å². The third kappa shape index (κ3) is 2.47. The molecule has 0 aromatic carbocycles. The highest BCUT2D eigenvalue weighted by Crippen LogP contribution is 2.59. The van der Waals surface area contributed by atoms with E-state index in [9.17, 15) is 13.2 Å². The minimum absolute atomic E-state index is 0.208. The van der Waals surface area contributed by atoms with E-state index in [1.54, 1.807) is 0 Å². The van der Waals surface area contributed by atoms with Crippen molar-refractivity contribution in [2.45, 2.75) is 44.7 Å². The number of hydrogen-bond acceptors (Lipinski definition) is 1. The molecule has 0 unspecified atom stereocenters. The summed E-state index contributed by atoms with van der Waals surface area (Å²) in [6, 6.07) is 0. The average molecular weight is 247 g/mol. The lowest BCUT2D eigenvalue weighted by molar-refractivity contribution is -0.128. The van der Waals surface area contributed by atoms with E-state index >= 15 is 0 Å². The van der Waals surface area contributed by atoms with Gasteiger partial charge in [-0.1, -0.05) is 0 Å². The summed E-state index contributed by atoms with van der Waals surface area (Å²) in [6.07, 6.45) is 3.48. The van der Waals surface area contributed by atoms with Crippen LogP contribution in [0.4, 0.5) is 13.2 Å². The van der Waals surface area contributed by atoms with Crippen LogP contribution < -0.4 is 5.32 Å². The average Bonchev–Trinajstić information content (AvgIpc) is 2.11. The molecule has 1 N–H and O–H groups in total. The topological polar surface area (TPSA) is 12.0 Å². The third-order valence-electron chi connectivity index (χ3n) is 4.99. The highest BCUT2D eigenvalue weighted by molar-refractivity contribution is 5.02. The summed E-state index contributed by atoms with van der Waals surface area (Å²) in [5.41, 5.74) is 0.208. The zero-order valence-electron chi connectivity index (χ0n) is 10.0. The fourth-order valence-electron chi connectivity index (χ4n) is 4.98. The number of hydrogen-bond donors (Lipinski definition) is 1. The van der Waals surface area contributed by atoms with Gasteiger partial charge in [-0.05, 0) is 61.7 Å². The Kier molecular flexibility index (Phi) is 2.69. The molecule has 4 aliphatic carbocycles. The second kappa shape index (κ2) is 3.87. The first kappa shape index (κ1) is 11.8. The summed E-state index contributed by atoms with van der Waals surface area (Å²) in [5.74, 6) is 2.44. The van der Waals surface area contributed by atoms with Crippen LogP contribution in [0.25, 0.3) is 0 Å². The van der Waals surface area contributed by atoms with E-state index in [1.165, 1.54) is 38.5 Å². The molecule has 0 heterocycles. The number of alkyl halides is 3. The summed E-state index contributed by atoms with van der Waals surface area (Å²) in [4.78, 5) is 0. The van der Waals surface area contributed by atoms with Gasteiger partial charge in [-0.2, -0.15) is 13.2 Å². The highest BCUT2D eigenvalue weighted by Gasteiger charge is 2.50. The van der Waals surface area contributed by atoms with Gasteiger partial charge in [-0.25, -0.2) is 0 Å². The van der Waals surface area contributed by atoms with Gasteiger partial charge in [0.15, 0.2) is 0 Å². The molecule has 0 saturated heterocycles. The number of nitrogens with one attached hydrogen (secondary N) is 1. The lowest BCUT2D eigenvalue weighted by atomic mass is 9.49. The van der Waals surface area contributed by atoms with E-state index in [2.05, 4.69) is 5.32 Å². The second-order valence-corrected chi connectivity index (χ2v) is 6.64. The minimum atomic E-state index is -4.07. The van der Waals surface area contributed by atoms with Gasteiger partial charge in [0, 0.05) is 6.54 Å². The maximum atomic E-state index is 12.2. The molecule has 17 heavy (non-hydrogen) atoms. The van der Waals surface area contributed by atoms with E-state index in [0.29, 0.717) is 6.54 Å². The van der Waals surface area contributed by atoms with Gasteiger partial charge in [0.25, 0.3) is 0 Å². The summed E-state index contributed by atoms with van der Waals surface area (Å²) < 4.78 is 36.5. The van der Waals surface area contributed by atoms with Gasteiger partial charge in [-0.3, -0.25) is 0 Å². The van der Waals surface area contributed by atoms with Crippen LogP contribution in [0.15, 0.2) is 0 Å². The Hall–Kier alpha value is -0.250. The molecule has 98 valence electrons. The molecule has 4 heteroatoms. The normalized spacial score (nSPS) is 44.3. The van der Waals surface area contributed by atoms with E-state index < -0.39 is 12.7 Å². The smallest absolute Gasteiger partial charge is 0.308 e. The van der Waals surface area contributed by atoms with Gasteiger partial charge in [0.2, 0.25) is 0 Å². The monoisotopic (exact) mass is 247 g/mol. The van der Waals surface area contributed by atoms with Gasteiger partial charge in [0.1, 0.15) is 0 Å². The van der Waals surface area contributed by atoms with E-state index in [4.69, 9.17) is 0 Å². The molecule has 0 aromatic rings. The molecule has 0 aliphatic heterocycles. The van der Waals surface area contributed by atoms with Crippen molar-refractivity contribution in [3.63, 3.8) is 0 Å². The number of halogens is 3. The molecule has 4 fully saturated rings. The van der Waals surface area contributed by atoms with Crippen molar-refractivity contribution in [1.82, 2.24) is 5.32 Å². The molecular formula is C13H20F3N. The van der Waals surface area contributed by atoms with Crippen LogP contribution in [0.2, 0.25) is 0 Å². The molecule has 4 bridgehead atoms. The van der Waals surface area contributed by atoms with Crippen molar-refractivity contribution in [3.8, 4) is 0 Å². The second-order valence-electron chi connectivity index (χ2n) is 6.64. The maximum absolute atomic E-state index is 12.2. The summed E-state index contributed by atoms with van der Waals surface area (Å²) in [6.45, 7) is -0.245. The van der Waals surface area contributed by atoms with Crippen LogP contribution in [0, 0.1) is 23.2 Å². The molecular weight excluding hydrogens is 227 g/mol. The van der Waals surface area contributed by atoms with Crippen molar-refractivity contribution in [2.24, 2.45) is 23.2 Å². The fraction of sp³-hybridized carbons (Fsp3) is 1.00. The predicted octanol–water partition coefficient (Wildman–Crippen LogP) is 3.35.